The van der Waals surface area contributed by atoms with E-state index in [1.54, 1.807) is 4.90 Å². The fraction of sp³-hybridized carbons (Fsp3) is 0.462. The second kappa shape index (κ2) is 6.28. The second-order valence-corrected chi connectivity index (χ2v) is 4.04. The van der Waals surface area contributed by atoms with Crippen molar-refractivity contribution in [3.05, 3.63) is 35.9 Å². The Balaban J connectivity index is 2.51. The molecule has 0 saturated carbocycles. The molecule has 3 nitrogen and oxygen atoms in total. The fourth-order valence-corrected chi connectivity index (χ4v) is 1.62. The molecule has 0 aromatic heterocycles. The summed E-state index contributed by atoms with van der Waals surface area (Å²) in [7, 11) is 1.82. The Labute approximate surface area is 97.2 Å². The topological polar surface area (TPSA) is 46.3 Å². The molecule has 0 spiro atoms. The molecule has 0 aliphatic rings. The maximum absolute atomic E-state index is 11.8. The third-order valence-corrected chi connectivity index (χ3v) is 2.61. The molecule has 1 atom stereocenters. The molecule has 0 fully saturated rings. The van der Waals surface area contributed by atoms with Gasteiger partial charge in [-0.1, -0.05) is 37.3 Å². The van der Waals surface area contributed by atoms with Crippen LogP contribution in [0, 0.1) is 0 Å². The zero-order valence-electron chi connectivity index (χ0n) is 10.0. The van der Waals surface area contributed by atoms with Crippen molar-refractivity contribution in [2.24, 2.45) is 5.73 Å². The number of amides is 1. The van der Waals surface area contributed by atoms with Gasteiger partial charge in [0.2, 0.25) is 5.91 Å². The number of benzene rings is 1. The molecule has 0 heterocycles. The van der Waals surface area contributed by atoms with Crippen LogP contribution in [0.5, 0.6) is 0 Å². The number of carbonyl (C=O) groups excluding carboxylic acids is 1. The monoisotopic (exact) mass is 220 g/mol. The molecule has 1 rings (SSSR count). The Bertz CT molecular complexity index is 324. The number of hydrogen-bond donors (Lipinski definition) is 1. The fourth-order valence-electron chi connectivity index (χ4n) is 1.62. The standard InChI is InChI=1S/C13H20N2O/c1-3-9-15(2)13(16)10-12(14)11-7-5-4-6-8-11/h4-8,12H,3,9-10,14H2,1-2H3. The lowest BCUT2D eigenvalue weighted by molar-refractivity contribution is -0.130. The summed E-state index contributed by atoms with van der Waals surface area (Å²) in [5, 5.41) is 0. The molecule has 1 aromatic rings. The van der Waals surface area contributed by atoms with E-state index in [1.165, 1.54) is 0 Å². The van der Waals surface area contributed by atoms with Crippen molar-refractivity contribution in [3.63, 3.8) is 0 Å². The minimum Gasteiger partial charge on any atom is -0.346 e. The largest absolute Gasteiger partial charge is 0.346 e. The minimum atomic E-state index is -0.201. The van der Waals surface area contributed by atoms with Crippen molar-refractivity contribution in [1.82, 2.24) is 4.90 Å². The molecule has 0 aliphatic carbocycles. The summed E-state index contributed by atoms with van der Waals surface area (Å²) in [5.74, 6) is 0.109. The highest BCUT2D eigenvalue weighted by molar-refractivity contribution is 5.76. The molecule has 3 heteroatoms. The van der Waals surface area contributed by atoms with Crippen LogP contribution in [-0.4, -0.2) is 24.4 Å². The van der Waals surface area contributed by atoms with E-state index in [0.717, 1.165) is 18.5 Å². The van der Waals surface area contributed by atoms with Crippen LogP contribution in [0.4, 0.5) is 0 Å². The average Bonchev–Trinajstić information content (AvgIpc) is 2.30. The first kappa shape index (κ1) is 12.7. The highest BCUT2D eigenvalue weighted by atomic mass is 16.2. The van der Waals surface area contributed by atoms with E-state index in [1.807, 2.05) is 37.4 Å². The van der Waals surface area contributed by atoms with Crippen molar-refractivity contribution in [2.45, 2.75) is 25.8 Å². The summed E-state index contributed by atoms with van der Waals surface area (Å²) in [6, 6.07) is 9.54. The Morgan fingerprint density at radius 2 is 2.00 bits per heavy atom. The predicted octanol–water partition coefficient (Wildman–Crippen LogP) is 1.94. The molecule has 0 bridgehead atoms. The van der Waals surface area contributed by atoms with Crippen LogP contribution in [0.3, 0.4) is 0 Å². The number of carbonyl (C=O) groups is 1. The first-order valence-electron chi connectivity index (χ1n) is 5.69. The van der Waals surface area contributed by atoms with Gasteiger partial charge < -0.3 is 10.6 Å². The smallest absolute Gasteiger partial charge is 0.224 e. The van der Waals surface area contributed by atoms with E-state index in [-0.39, 0.29) is 11.9 Å². The summed E-state index contributed by atoms with van der Waals surface area (Å²) < 4.78 is 0. The van der Waals surface area contributed by atoms with Gasteiger partial charge in [-0.05, 0) is 12.0 Å². The molecular formula is C13H20N2O. The molecular weight excluding hydrogens is 200 g/mol. The Morgan fingerprint density at radius 1 is 1.38 bits per heavy atom. The lowest BCUT2D eigenvalue weighted by Gasteiger charge is -2.19. The van der Waals surface area contributed by atoms with Gasteiger partial charge in [0.1, 0.15) is 0 Å². The van der Waals surface area contributed by atoms with Gasteiger partial charge in [0, 0.05) is 26.1 Å². The van der Waals surface area contributed by atoms with Gasteiger partial charge in [-0.3, -0.25) is 4.79 Å². The van der Waals surface area contributed by atoms with Crippen molar-refractivity contribution in [2.75, 3.05) is 13.6 Å². The van der Waals surface area contributed by atoms with E-state index in [0.29, 0.717) is 6.42 Å². The molecule has 1 aromatic carbocycles. The van der Waals surface area contributed by atoms with E-state index >= 15 is 0 Å². The maximum atomic E-state index is 11.8. The highest BCUT2D eigenvalue weighted by Crippen LogP contribution is 2.14. The molecule has 1 unspecified atom stereocenters. The minimum absolute atomic E-state index is 0.109. The normalized spacial score (nSPS) is 12.2. The van der Waals surface area contributed by atoms with Crippen molar-refractivity contribution in [1.29, 1.82) is 0 Å². The van der Waals surface area contributed by atoms with E-state index in [9.17, 15) is 4.79 Å². The molecule has 0 aliphatic heterocycles. The van der Waals surface area contributed by atoms with Crippen molar-refractivity contribution < 1.29 is 4.79 Å². The van der Waals surface area contributed by atoms with Gasteiger partial charge in [0.25, 0.3) is 0 Å². The van der Waals surface area contributed by atoms with Crippen LogP contribution in [0.1, 0.15) is 31.4 Å². The van der Waals surface area contributed by atoms with Crippen LogP contribution in [0.25, 0.3) is 0 Å². The second-order valence-electron chi connectivity index (χ2n) is 4.04. The SMILES string of the molecule is CCCN(C)C(=O)CC(N)c1ccccc1. The lowest BCUT2D eigenvalue weighted by Crippen LogP contribution is -2.30. The third kappa shape index (κ3) is 3.66. The van der Waals surface area contributed by atoms with Crippen LogP contribution in [0.2, 0.25) is 0 Å². The summed E-state index contributed by atoms with van der Waals surface area (Å²) >= 11 is 0. The summed E-state index contributed by atoms with van der Waals surface area (Å²) in [6.07, 6.45) is 1.35. The van der Waals surface area contributed by atoms with Gasteiger partial charge >= 0.3 is 0 Å². The average molecular weight is 220 g/mol. The van der Waals surface area contributed by atoms with Gasteiger partial charge in [0.05, 0.1) is 0 Å². The Hall–Kier alpha value is -1.35. The number of nitrogens with two attached hydrogens (primary N) is 1. The predicted molar refractivity (Wildman–Crippen MR) is 65.9 cm³/mol. The van der Waals surface area contributed by atoms with Crippen LogP contribution < -0.4 is 5.73 Å². The Kier molecular flexibility index (Phi) is 4.99. The number of nitrogens with zero attached hydrogens (tertiary/aromatic N) is 1. The lowest BCUT2D eigenvalue weighted by atomic mass is 10.0. The third-order valence-electron chi connectivity index (χ3n) is 2.61. The van der Waals surface area contributed by atoms with Crippen LogP contribution >= 0.6 is 0 Å². The zero-order chi connectivity index (χ0) is 12.0. The van der Waals surface area contributed by atoms with Gasteiger partial charge in [-0.25, -0.2) is 0 Å². The van der Waals surface area contributed by atoms with Crippen molar-refractivity contribution >= 4 is 5.91 Å². The number of rotatable bonds is 5. The molecule has 0 radical (unpaired) electrons. The first-order chi connectivity index (χ1) is 7.65. The summed E-state index contributed by atoms with van der Waals surface area (Å²) in [6.45, 7) is 2.85. The van der Waals surface area contributed by atoms with Crippen LogP contribution in [-0.2, 0) is 4.79 Å². The summed E-state index contributed by atoms with van der Waals surface area (Å²) in [4.78, 5) is 13.5. The van der Waals surface area contributed by atoms with Gasteiger partial charge in [0.15, 0.2) is 0 Å². The van der Waals surface area contributed by atoms with E-state index in [2.05, 4.69) is 6.92 Å². The molecule has 88 valence electrons. The molecule has 16 heavy (non-hydrogen) atoms. The van der Waals surface area contributed by atoms with Gasteiger partial charge in [-0.15, -0.1) is 0 Å². The van der Waals surface area contributed by atoms with Gasteiger partial charge in [-0.2, -0.15) is 0 Å². The summed E-state index contributed by atoms with van der Waals surface area (Å²) in [5.41, 5.74) is 7.00. The van der Waals surface area contributed by atoms with E-state index in [4.69, 9.17) is 5.73 Å². The van der Waals surface area contributed by atoms with Crippen molar-refractivity contribution in [3.8, 4) is 0 Å². The molecule has 0 saturated heterocycles. The van der Waals surface area contributed by atoms with E-state index < -0.39 is 0 Å². The highest BCUT2D eigenvalue weighted by Gasteiger charge is 2.14. The quantitative estimate of drug-likeness (QED) is 0.824. The number of hydrogen-bond acceptors (Lipinski definition) is 2. The molecule has 1 amide bonds. The first-order valence-corrected chi connectivity index (χ1v) is 5.69. The molecule has 2 N–H and O–H groups in total. The van der Waals surface area contributed by atoms with Crippen LogP contribution in [0.15, 0.2) is 30.3 Å². The maximum Gasteiger partial charge on any atom is 0.224 e. The Morgan fingerprint density at radius 3 is 2.56 bits per heavy atom. The zero-order valence-corrected chi connectivity index (χ0v) is 10.0.